The molecule has 3 heteroatoms. The van der Waals surface area contributed by atoms with Crippen LogP contribution in [0.3, 0.4) is 0 Å². The molecule has 2 atom stereocenters. The minimum Gasteiger partial charge on any atom is -0.452 e. The smallest absolute Gasteiger partial charge is 0.413 e. The van der Waals surface area contributed by atoms with Crippen molar-refractivity contribution in [1.29, 1.82) is 0 Å². The predicted molar refractivity (Wildman–Crippen MR) is 44.4 cm³/mol. The van der Waals surface area contributed by atoms with Crippen molar-refractivity contribution in [2.75, 3.05) is 7.11 Å². The number of nitrogens with zero attached hydrogens (tertiary/aromatic N) is 1. The number of hydrogen-bond donors (Lipinski definition) is 0. The van der Waals surface area contributed by atoms with E-state index in [9.17, 15) is 4.79 Å². The number of allylic oxidation sites excluding steroid dienone is 2. The Morgan fingerprint density at radius 3 is 3.17 bits per heavy atom. The fourth-order valence-corrected chi connectivity index (χ4v) is 1.49. The molecule has 0 aromatic carbocycles. The van der Waals surface area contributed by atoms with Gasteiger partial charge in [0.15, 0.2) is 0 Å². The number of carbonyl (C=O) groups excluding carboxylic acids is 1. The summed E-state index contributed by atoms with van der Waals surface area (Å²) < 4.78 is 4.65. The summed E-state index contributed by atoms with van der Waals surface area (Å²) >= 11 is 0. The minimum atomic E-state index is -0.262. The molecule has 1 heterocycles. The molecule has 1 aliphatic heterocycles. The quantitative estimate of drug-likeness (QED) is 0.544. The first kappa shape index (κ1) is 7.40. The first-order valence-electron chi connectivity index (χ1n) is 4.04. The van der Waals surface area contributed by atoms with Gasteiger partial charge in [0.25, 0.3) is 0 Å². The van der Waals surface area contributed by atoms with E-state index >= 15 is 0 Å². The lowest BCUT2D eigenvalue weighted by Crippen LogP contribution is -2.28. The molecule has 64 valence electrons. The van der Waals surface area contributed by atoms with Gasteiger partial charge in [-0.15, -0.1) is 0 Å². The number of hydrogen-bond acceptors (Lipinski definition) is 2. The van der Waals surface area contributed by atoms with Gasteiger partial charge in [0.05, 0.1) is 7.11 Å². The maximum Gasteiger partial charge on any atom is 0.413 e. The highest BCUT2D eigenvalue weighted by molar-refractivity contribution is 5.70. The van der Waals surface area contributed by atoms with E-state index in [1.54, 1.807) is 11.1 Å². The second-order valence-electron chi connectivity index (χ2n) is 3.07. The third-order valence-electron chi connectivity index (χ3n) is 2.26. The van der Waals surface area contributed by atoms with Crippen LogP contribution in [0.5, 0.6) is 0 Å². The Bertz CT molecular complexity index is 257. The Balaban J connectivity index is 2.11. The number of carbonyl (C=O) groups is 1. The molecule has 1 saturated carbocycles. The van der Waals surface area contributed by atoms with Crippen LogP contribution in [0.1, 0.15) is 6.42 Å². The van der Waals surface area contributed by atoms with Crippen molar-refractivity contribution < 1.29 is 9.53 Å². The van der Waals surface area contributed by atoms with Crippen molar-refractivity contribution in [1.82, 2.24) is 4.90 Å². The van der Waals surface area contributed by atoms with Crippen molar-refractivity contribution in [3.63, 3.8) is 0 Å². The van der Waals surface area contributed by atoms with E-state index in [4.69, 9.17) is 0 Å². The van der Waals surface area contributed by atoms with E-state index in [2.05, 4.69) is 10.8 Å². The monoisotopic (exact) mass is 165 g/mol. The molecular formula is C9H11NO2. The lowest BCUT2D eigenvalue weighted by molar-refractivity contribution is 0.137. The Morgan fingerprint density at radius 2 is 2.42 bits per heavy atom. The van der Waals surface area contributed by atoms with Crippen LogP contribution >= 0.6 is 0 Å². The number of rotatable bonds is 0. The standard InChI is InChI=1S/C9H11NO2/c1-12-9(11)10-5-3-2-4-7-6-8(7)10/h2-5,7-8H,6H2,1H3/t7-,8-/m1/s1. The number of fused-ring (bicyclic) bond motifs is 1. The summed E-state index contributed by atoms with van der Waals surface area (Å²) in [6.07, 6.45) is 8.55. The zero-order valence-corrected chi connectivity index (χ0v) is 6.93. The molecule has 0 unspecified atom stereocenters. The van der Waals surface area contributed by atoms with Crippen LogP contribution < -0.4 is 0 Å². The number of methoxy groups -OCH3 is 1. The van der Waals surface area contributed by atoms with Crippen molar-refractivity contribution in [2.45, 2.75) is 12.5 Å². The first-order chi connectivity index (χ1) is 5.83. The Labute approximate surface area is 71.3 Å². The Morgan fingerprint density at radius 1 is 1.58 bits per heavy atom. The highest BCUT2D eigenvalue weighted by Gasteiger charge is 2.42. The summed E-state index contributed by atoms with van der Waals surface area (Å²) in [4.78, 5) is 12.8. The molecule has 1 fully saturated rings. The van der Waals surface area contributed by atoms with Crippen LogP contribution in [-0.4, -0.2) is 24.1 Å². The van der Waals surface area contributed by atoms with Gasteiger partial charge >= 0.3 is 6.09 Å². The van der Waals surface area contributed by atoms with Crippen LogP contribution in [0.2, 0.25) is 0 Å². The van der Waals surface area contributed by atoms with Gasteiger partial charge in [0.1, 0.15) is 0 Å². The fraction of sp³-hybridized carbons (Fsp3) is 0.444. The van der Waals surface area contributed by atoms with Crippen LogP contribution in [0, 0.1) is 5.92 Å². The molecule has 0 spiro atoms. The molecule has 0 radical (unpaired) electrons. The Hall–Kier alpha value is -1.25. The summed E-state index contributed by atoms with van der Waals surface area (Å²) in [5, 5.41) is 0. The Kier molecular flexibility index (Phi) is 1.64. The molecule has 12 heavy (non-hydrogen) atoms. The van der Waals surface area contributed by atoms with Gasteiger partial charge in [0.2, 0.25) is 0 Å². The van der Waals surface area contributed by atoms with E-state index in [0.29, 0.717) is 12.0 Å². The first-order valence-corrected chi connectivity index (χ1v) is 4.04. The SMILES string of the molecule is COC(=O)N1C=CC=C[C@@H]2C[C@H]21. The van der Waals surface area contributed by atoms with Crippen LogP contribution in [0.15, 0.2) is 24.4 Å². The highest BCUT2D eigenvalue weighted by atomic mass is 16.5. The maximum atomic E-state index is 11.2. The summed E-state index contributed by atoms with van der Waals surface area (Å²) in [5.74, 6) is 0.541. The van der Waals surface area contributed by atoms with Crippen LogP contribution in [-0.2, 0) is 4.74 Å². The van der Waals surface area contributed by atoms with Crippen molar-refractivity contribution in [3.8, 4) is 0 Å². The van der Waals surface area contributed by atoms with Gasteiger partial charge in [-0.25, -0.2) is 4.79 Å². The van der Waals surface area contributed by atoms with Gasteiger partial charge in [0, 0.05) is 18.2 Å². The maximum absolute atomic E-state index is 11.2. The lowest BCUT2D eigenvalue weighted by atomic mass is 10.3. The number of amides is 1. The molecule has 0 aromatic rings. The van der Waals surface area contributed by atoms with E-state index in [1.807, 2.05) is 12.2 Å². The van der Waals surface area contributed by atoms with Crippen molar-refractivity contribution in [3.05, 3.63) is 24.4 Å². The van der Waals surface area contributed by atoms with Crippen LogP contribution in [0.25, 0.3) is 0 Å². The molecule has 0 aromatic heterocycles. The molecule has 0 N–H and O–H groups in total. The molecule has 2 aliphatic rings. The molecule has 0 bridgehead atoms. The third kappa shape index (κ3) is 1.11. The largest absolute Gasteiger partial charge is 0.452 e. The average Bonchev–Trinajstić information content (AvgIpc) is 2.80. The normalized spacial score (nSPS) is 30.9. The lowest BCUT2D eigenvalue weighted by Gasteiger charge is -2.15. The second-order valence-corrected chi connectivity index (χ2v) is 3.07. The topological polar surface area (TPSA) is 29.5 Å². The van der Waals surface area contributed by atoms with Gasteiger partial charge < -0.3 is 4.74 Å². The third-order valence-corrected chi connectivity index (χ3v) is 2.26. The minimum absolute atomic E-state index is 0.262. The van der Waals surface area contributed by atoms with Crippen LogP contribution in [0.4, 0.5) is 4.79 Å². The van der Waals surface area contributed by atoms with E-state index in [1.165, 1.54) is 7.11 Å². The molecular weight excluding hydrogens is 154 g/mol. The van der Waals surface area contributed by atoms with E-state index in [0.717, 1.165) is 6.42 Å². The zero-order chi connectivity index (χ0) is 8.55. The summed E-state index contributed by atoms with van der Waals surface area (Å²) in [6, 6.07) is 0.340. The van der Waals surface area contributed by atoms with Gasteiger partial charge in [-0.05, 0) is 12.5 Å². The number of ether oxygens (including phenoxy) is 1. The molecule has 0 saturated heterocycles. The molecule has 3 nitrogen and oxygen atoms in total. The molecule has 1 aliphatic carbocycles. The molecule has 2 rings (SSSR count). The van der Waals surface area contributed by atoms with Gasteiger partial charge in [-0.2, -0.15) is 0 Å². The van der Waals surface area contributed by atoms with Gasteiger partial charge in [-0.1, -0.05) is 12.2 Å². The second kappa shape index (κ2) is 2.66. The molecule has 1 amide bonds. The average molecular weight is 165 g/mol. The van der Waals surface area contributed by atoms with Crippen molar-refractivity contribution in [2.24, 2.45) is 5.92 Å². The van der Waals surface area contributed by atoms with E-state index in [-0.39, 0.29) is 6.09 Å². The fourth-order valence-electron chi connectivity index (χ4n) is 1.49. The van der Waals surface area contributed by atoms with Gasteiger partial charge in [-0.3, -0.25) is 4.90 Å². The summed E-state index contributed by atoms with van der Waals surface area (Å²) in [6.45, 7) is 0. The highest BCUT2D eigenvalue weighted by Crippen LogP contribution is 2.38. The summed E-state index contributed by atoms with van der Waals surface area (Å²) in [7, 11) is 1.41. The predicted octanol–water partition coefficient (Wildman–Crippen LogP) is 1.53. The van der Waals surface area contributed by atoms with E-state index < -0.39 is 0 Å². The zero-order valence-electron chi connectivity index (χ0n) is 6.93. The summed E-state index contributed by atoms with van der Waals surface area (Å²) in [5.41, 5.74) is 0. The van der Waals surface area contributed by atoms with Crippen molar-refractivity contribution >= 4 is 6.09 Å².